The third-order valence-electron chi connectivity index (χ3n) is 4.06. The van der Waals surface area contributed by atoms with Gasteiger partial charge in [0.1, 0.15) is 5.69 Å². The topological polar surface area (TPSA) is 88.9 Å². The molecular formula is C15H20BNO5. The van der Waals surface area contributed by atoms with Crippen molar-refractivity contribution in [2.24, 2.45) is 0 Å². The second kappa shape index (κ2) is 5.83. The lowest BCUT2D eigenvalue weighted by atomic mass is 9.78. The molecule has 2 heterocycles. The van der Waals surface area contributed by atoms with Crippen molar-refractivity contribution in [1.82, 2.24) is 4.98 Å². The molecule has 0 spiro atoms. The van der Waals surface area contributed by atoms with Crippen LogP contribution < -0.4 is 0 Å². The van der Waals surface area contributed by atoms with Crippen LogP contribution in [0.4, 0.5) is 0 Å². The van der Waals surface area contributed by atoms with E-state index in [1.807, 2.05) is 27.7 Å². The number of hydrogen-bond acceptors (Lipinski definition) is 5. The summed E-state index contributed by atoms with van der Waals surface area (Å²) in [6, 6.07) is 4.67. The Kier molecular flexibility index (Phi) is 4.42. The fourth-order valence-corrected chi connectivity index (χ4v) is 2.02. The molecule has 1 aliphatic rings. The second-order valence-corrected chi connectivity index (χ2v) is 6.22. The van der Waals surface area contributed by atoms with E-state index in [-0.39, 0.29) is 12.3 Å². The highest BCUT2D eigenvalue weighted by Gasteiger charge is 2.52. The Morgan fingerprint density at radius 1 is 1.27 bits per heavy atom. The van der Waals surface area contributed by atoms with Crippen LogP contribution in [-0.2, 0) is 9.31 Å². The maximum atomic E-state index is 11.0. The van der Waals surface area contributed by atoms with Gasteiger partial charge in [-0.1, -0.05) is 6.07 Å². The Morgan fingerprint density at radius 3 is 2.36 bits per heavy atom. The highest BCUT2D eigenvalue weighted by atomic mass is 16.7. The van der Waals surface area contributed by atoms with Crippen molar-refractivity contribution in [3.8, 4) is 0 Å². The van der Waals surface area contributed by atoms with Gasteiger partial charge in [-0.3, -0.25) is 0 Å². The molecule has 0 saturated carbocycles. The van der Waals surface area contributed by atoms with E-state index in [0.717, 1.165) is 0 Å². The largest absolute Gasteiger partial charge is 0.492 e. The van der Waals surface area contributed by atoms with Gasteiger partial charge in [0.15, 0.2) is 0 Å². The first-order valence-electron chi connectivity index (χ1n) is 7.03. The zero-order valence-electron chi connectivity index (χ0n) is 13.2. The standard InChI is InChI=1S/C15H20BNO5/c1-14(2)15(3,4)22-16(21-14)10(9-18)8-11-6-5-7-12(17-11)13(19)20/h5-8,18H,9H2,1-4H3,(H,19,20). The molecule has 22 heavy (non-hydrogen) atoms. The normalized spacial score (nSPS) is 20.2. The number of carbonyl (C=O) groups is 1. The highest BCUT2D eigenvalue weighted by molar-refractivity contribution is 6.55. The van der Waals surface area contributed by atoms with Crippen LogP contribution in [0.5, 0.6) is 0 Å². The Hall–Kier alpha value is -1.70. The summed E-state index contributed by atoms with van der Waals surface area (Å²) in [7, 11) is -0.690. The summed E-state index contributed by atoms with van der Waals surface area (Å²) in [6.07, 6.45) is 1.59. The molecule has 0 bridgehead atoms. The maximum absolute atomic E-state index is 11.0. The molecular weight excluding hydrogens is 285 g/mol. The molecule has 0 radical (unpaired) electrons. The molecule has 2 N–H and O–H groups in total. The van der Waals surface area contributed by atoms with Crippen LogP contribution in [0.15, 0.2) is 23.7 Å². The molecule has 0 aliphatic carbocycles. The minimum Gasteiger partial charge on any atom is -0.477 e. The second-order valence-electron chi connectivity index (χ2n) is 6.22. The quantitative estimate of drug-likeness (QED) is 0.824. The first kappa shape index (κ1) is 16.7. The van der Waals surface area contributed by atoms with Gasteiger partial charge in [-0.05, 0) is 51.4 Å². The lowest BCUT2D eigenvalue weighted by Gasteiger charge is -2.32. The first-order valence-corrected chi connectivity index (χ1v) is 7.03. The summed E-state index contributed by atoms with van der Waals surface area (Å²) in [6.45, 7) is 7.42. The average Bonchev–Trinajstić information content (AvgIpc) is 2.65. The maximum Gasteiger partial charge on any atom is 0.492 e. The van der Waals surface area contributed by atoms with Gasteiger partial charge in [-0.15, -0.1) is 0 Å². The Labute approximate surface area is 129 Å². The van der Waals surface area contributed by atoms with Crippen LogP contribution in [0.25, 0.3) is 6.08 Å². The smallest absolute Gasteiger partial charge is 0.477 e. The zero-order valence-corrected chi connectivity index (χ0v) is 13.2. The first-order chi connectivity index (χ1) is 10.2. The van der Waals surface area contributed by atoms with Crippen molar-refractivity contribution in [1.29, 1.82) is 0 Å². The van der Waals surface area contributed by atoms with Crippen molar-refractivity contribution in [2.45, 2.75) is 38.9 Å². The van der Waals surface area contributed by atoms with Crippen LogP contribution in [-0.4, -0.2) is 46.1 Å². The van der Waals surface area contributed by atoms with Gasteiger partial charge in [-0.25, -0.2) is 9.78 Å². The monoisotopic (exact) mass is 305 g/mol. The van der Waals surface area contributed by atoms with Crippen LogP contribution in [0.3, 0.4) is 0 Å². The average molecular weight is 305 g/mol. The molecule has 1 aliphatic heterocycles. The van der Waals surface area contributed by atoms with E-state index >= 15 is 0 Å². The van der Waals surface area contributed by atoms with Gasteiger partial charge < -0.3 is 19.5 Å². The Bertz CT molecular complexity index is 596. The molecule has 6 nitrogen and oxygen atoms in total. The van der Waals surface area contributed by atoms with E-state index in [1.54, 1.807) is 18.2 Å². The van der Waals surface area contributed by atoms with E-state index in [9.17, 15) is 9.90 Å². The molecule has 0 unspecified atom stereocenters. The molecule has 2 rings (SSSR count). The van der Waals surface area contributed by atoms with Gasteiger partial charge in [0, 0.05) is 0 Å². The van der Waals surface area contributed by atoms with E-state index in [1.165, 1.54) is 6.07 Å². The number of carboxylic acids is 1. The number of nitrogens with zero attached hydrogens (tertiary/aromatic N) is 1. The molecule has 0 aromatic carbocycles. The van der Waals surface area contributed by atoms with Crippen LogP contribution in [0, 0.1) is 0 Å². The van der Waals surface area contributed by atoms with Crippen LogP contribution >= 0.6 is 0 Å². The minimum absolute atomic E-state index is 0.0556. The van der Waals surface area contributed by atoms with E-state index in [2.05, 4.69) is 4.98 Å². The number of aromatic carboxylic acids is 1. The number of pyridine rings is 1. The summed E-state index contributed by atoms with van der Waals surface area (Å²) >= 11 is 0. The molecule has 1 saturated heterocycles. The molecule has 118 valence electrons. The van der Waals surface area contributed by atoms with E-state index < -0.39 is 24.3 Å². The van der Waals surface area contributed by atoms with Gasteiger partial charge in [-0.2, -0.15) is 0 Å². The van der Waals surface area contributed by atoms with Crippen molar-refractivity contribution in [2.75, 3.05) is 6.61 Å². The number of rotatable bonds is 4. The Balaban J connectivity index is 2.29. The fourth-order valence-electron chi connectivity index (χ4n) is 2.02. The summed E-state index contributed by atoms with van der Waals surface area (Å²) in [4.78, 5) is 15.0. The number of aliphatic hydroxyl groups excluding tert-OH is 1. The van der Waals surface area contributed by atoms with Gasteiger partial charge >= 0.3 is 13.1 Å². The van der Waals surface area contributed by atoms with E-state index in [0.29, 0.717) is 11.2 Å². The van der Waals surface area contributed by atoms with Crippen molar-refractivity contribution < 1.29 is 24.3 Å². The van der Waals surface area contributed by atoms with E-state index in [4.69, 9.17) is 14.4 Å². The molecule has 0 amide bonds. The minimum atomic E-state index is -1.10. The summed E-state index contributed by atoms with van der Waals surface area (Å²) < 4.78 is 11.7. The highest BCUT2D eigenvalue weighted by Crippen LogP contribution is 2.38. The van der Waals surface area contributed by atoms with Gasteiger partial charge in [0.2, 0.25) is 0 Å². The van der Waals surface area contributed by atoms with Crippen molar-refractivity contribution >= 4 is 19.2 Å². The molecule has 1 aromatic rings. The molecule has 7 heteroatoms. The van der Waals surface area contributed by atoms with Gasteiger partial charge in [0.05, 0.1) is 23.5 Å². The Morgan fingerprint density at radius 2 is 1.86 bits per heavy atom. The van der Waals surface area contributed by atoms with Crippen molar-refractivity contribution in [3.05, 3.63) is 35.1 Å². The van der Waals surface area contributed by atoms with Crippen LogP contribution in [0.2, 0.25) is 0 Å². The predicted molar refractivity (Wildman–Crippen MR) is 82.3 cm³/mol. The number of aromatic nitrogens is 1. The van der Waals surface area contributed by atoms with Crippen LogP contribution in [0.1, 0.15) is 43.9 Å². The number of hydrogen-bond donors (Lipinski definition) is 2. The summed E-state index contributed by atoms with van der Waals surface area (Å²) in [5.41, 5.74) is -0.155. The third kappa shape index (κ3) is 3.21. The van der Waals surface area contributed by atoms with Crippen molar-refractivity contribution in [3.63, 3.8) is 0 Å². The SMILES string of the molecule is CC1(C)OB(C(=Cc2cccc(C(=O)O)n2)CO)OC1(C)C. The lowest BCUT2D eigenvalue weighted by molar-refractivity contribution is 0.00578. The summed E-state index contributed by atoms with van der Waals surface area (Å²) in [5, 5.41) is 18.6. The predicted octanol–water partition coefficient (Wildman–Crippen LogP) is 1.79. The van der Waals surface area contributed by atoms with Gasteiger partial charge in [0.25, 0.3) is 0 Å². The summed E-state index contributed by atoms with van der Waals surface area (Å²) in [5.74, 6) is -1.10. The molecule has 1 fully saturated rings. The third-order valence-corrected chi connectivity index (χ3v) is 4.06. The molecule has 0 atom stereocenters. The molecule has 1 aromatic heterocycles. The number of carboxylic acid groups (broad SMARTS) is 1. The lowest BCUT2D eigenvalue weighted by Crippen LogP contribution is -2.41. The zero-order chi connectivity index (χ0) is 16.5. The number of aliphatic hydroxyl groups is 1. The fraction of sp³-hybridized carbons (Fsp3) is 0.467.